The molecule has 1 aliphatic heterocycles. The van der Waals surface area contributed by atoms with Gasteiger partial charge in [0.15, 0.2) is 0 Å². The normalized spacial score (nSPS) is 24.8. The molecule has 114 valence electrons. The second kappa shape index (κ2) is 6.48. The highest BCUT2D eigenvalue weighted by Crippen LogP contribution is 2.38. The molecule has 1 amide bonds. The molecule has 2 aliphatic rings. The Hall–Kier alpha value is -1.55. The molecule has 2 fully saturated rings. The summed E-state index contributed by atoms with van der Waals surface area (Å²) in [5.41, 5.74) is 1.64. The van der Waals surface area contributed by atoms with Gasteiger partial charge in [0.05, 0.1) is 17.7 Å². The molecule has 0 bridgehead atoms. The van der Waals surface area contributed by atoms with Crippen LogP contribution in [0.1, 0.15) is 43.0 Å². The highest BCUT2D eigenvalue weighted by molar-refractivity contribution is 5.99. The van der Waals surface area contributed by atoms with E-state index >= 15 is 0 Å². The molecule has 1 aliphatic carbocycles. The zero-order valence-electron chi connectivity index (χ0n) is 12.6. The molecular weight excluding hydrogens is 264 g/mol. The van der Waals surface area contributed by atoms with Gasteiger partial charge in [-0.15, -0.1) is 0 Å². The molecule has 21 heavy (non-hydrogen) atoms. The number of carbonyl (C=O) groups is 1. The van der Waals surface area contributed by atoms with E-state index in [9.17, 15) is 4.79 Å². The number of hydrogen-bond donors (Lipinski definition) is 2. The van der Waals surface area contributed by atoms with Gasteiger partial charge in [-0.3, -0.25) is 4.79 Å². The van der Waals surface area contributed by atoms with Crippen molar-refractivity contribution >= 4 is 11.6 Å². The van der Waals surface area contributed by atoms with Gasteiger partial charge in [-0.25, -0.2) is 0 Å². The Morgan fingerprint density at radius 3 is 2.86 bits per heavy atom. The van der Waals surface area contributed by atoms with E-state index in [-0.39, 0.29) is 18.1 Å². The molecule has 1 saturated carbocycles. The first-order valence-electron chi connectivity index (χ1n) is 8.05. The van der Waals surface area contributed by atoms with Crippen molar-refractivity contribution in [3.05, 3.63) is 29.8 Å². The van der Waals surface area contributed by atoms with E-state index in [1.54, 1.807) is 0 Å². The number of para-hydroxylation sites is 1. The van der Waals surface area contributed by atoms with Crippen LogP contribution < -0.4 is 10.6 Å². The highest BCUT2D eigenvalue weighted by atomic mass is 16.5. The van der Waals surface area contributed by atoms with Gasteiger partial charge in [0.1, 0.15) is 0 Å². The van der Waals surface area contributed by atoms with Gasteiger partial charge >= 0.3 is 0 Å². The van der Waals surface area contributed by atoms with Crippen LogP contribution in [0.2, 0.25) is 0 Å². The number of ether oxygens (including phenoxy) is 1. The monoisotopic (exact) mass is 288 g/mol. The van der Waals surface area contributed by atoms with E-state index in [1.165, 1.54) is 12.8 Å². The number of rotatable bonds is 6. The molecule has 0 radical (unpaired) electrons. The highest BCUT2D eigenvalue weighted by Gasteiger charge is 2.41. The van der Waals surface area contributed by atoms with Crippen molar-refractivity contribution in [1.29, 1.82) is 0 Å². The van der Waals surface area contributed by atoms with Gasteiger partial charge in [0.2, 0.25) is 0 Å². The van der Waals surface area contributed by atoms with Crippen molar-refractivity contribution in [2.75, 3.05) is 18.5 Å². The molecule has 1 saturated heterocycles. The molecule has 0 aromatic heterocycles. The van der Waals surface area contributed by atoms with Crippen LogP contribution in [-0.2, 0) is 4.74 Å². The Kier molecular flexibility index (Phi) is 4.44. The fraction of sp³-hybridized carbons (Fsp3) is 0.588. The van der Waals surface area contributed by atoms with Crippen LogP contribution in [0.5, 0.6) is 0 Å². The summed E-state index contributed by atoms with van der Waals surface area (Å²) in [6.45, 7) is 3.76. The second-order valence-electron chi connectivity index (χ2n) is 6.01. The number of nitrogens with one attached hydrogen (secondary N) is 2. The van der Waals surface area contributed by atoms with Gasteiger partial charge in [0, 0.05) is 18.8 Å². The summed E-state index contributed by atoms with van der Waals surface area (Å²) < 4.78 is 5.79. The average Bonchev–Trinajstić information content (AvgIpc) is 3.25. The van der Waals surface area contributed by atoms with E-state index in [2.05, 4.69) is 17.6 Å². The molecule has 4 heteroatoms. The van der Waals surface area contributed by atoms with Crippen LogP contribution >= 0.6 is 0 Å². The third-order valence-electron chi connectivity index (χ3n) is 4.28. The zero-order valence-corrected chi connectivity index (χ0v) is 12.6. The standard InChI is InChI=1S/C17H24N2O2/c1-2-10-18-14-6-4-3-5-13(14)17(20)19-15-9-11-21-16(15)12-7-8-12/h3-6,12,15-16,18H,2,7-11H2,1H3,(H,19,20). The topological polar surface area (TPSA) is 50.4 Å². The van der Waals surface area contributed by atoms with Gasteiger partial charge in [0.25, 0.3) is 5.91 Å². The third kappa shape index (κ3) is 3.38. The van der Waals surface area contributed by atoms with E-state index in [1.807, 2.05) is 24.3 Å². The summed E-state index contributed by atoms with van der Waals surface area (Å²) >= 11 is 0. The summed E-state index contributed by atoms with van der Waals surface area (Å²) in [7, 11) is 0. The third-order valence-corrected chi connectivity index (χ3v) is 4.28. The van der Waals surface area contributed by atoms with Crippen molar-refractivity contribution in [3.8, 4) is 0 Å². The lowest BCUT2D eigenvalue weighted by Gasteiger charge is -2.20. The van der Waals surface area contributed by atoms with Crippen LogP contribution in [0.3, 0.4) is 0 Å². The maximum Gasteiger partial charge on any atom is 0.253 e. The number of hydrogen-bond acceptors (Lipinski definition) is 3. The quantitative estimate of drug-likeness (QED) is 0.846. The molecular formula is C17H24N2O2. The minimum Gasteiger partial charge on any atom is -0.384 e. The first-order chi connectivity index (χ1) is 10.3. The smallest absolute Gasteiger partial charge is 0.253 e. The molecule has 2 atom stereocenters. The molecule has 2 N–H and O–H groups in total. The first-order valence-corrected chi connectivity index (χ1v) is 8.05. The van der Waals surface area contributed by atoms with Gasteiger partial charge < -0.3 is 15.4 Å². The Morgan fingerprint density at radius 2 is 2.10 bits per heavy atom. The number of benzene rings is 1. The minimum atomic E-state index is 0.00959. The van der Waals surface area contributed by atoms with E-state index in [4.69, 9.17) is 4.74 Å². The van der Waals surface area contributed by atoms with Crippen LogP contribution in [0.4, 0.5) is 5.69 Å². The lowest BCUT2D eigenvalue weighted by Crippen LogP contribution is -2.41. The molecule has 4 nitrogen and oxygen atoms in total. The minimum absolute atomic E-state index is 0.00959. The molecule has 1 aromatic carbocycles. The van der Waals surface area contributed by atoms with Crippen LogP contribution in [0.15, 0.2) is 24.3 Å². The van der Waals surface area contributed by atoms with Crippen LogP contribution in [0.25, 0.3) is 0 Å². The van der Waals surface area contributed by atoms with Gasteiger partial charge in [-0.05, 0) is 43.7 Å². The summed E-state index contributed by atoms with van der Waals surface area (Å²) in [4.78, 5) is 12.6. The fourth-order valence-corrected chi connectivity index (χ4v) is 3.00. The predicted octanol–water partition coefficient (Wildman–Crippen LogP) is 2.81. The maximum atomic E-state index is 12.6. The maximum absolute atomic E-state index is 12.6. The Morgan fingerprint density at radius 1 is 1.29 bits per heavy atom. The van der Waals surface area contributed by atoms with E-state index < -0.39 is 0 Å². The SMILES string of the molecule is CCCNc1ccccc1C(=O)NC1CCOC1C1CC1. The van der Waals surface area contributed by atoms with Crippen LogP contribution in [0, 0.1) is 5.92 Å². The summed E-state index contributed by atoms with van der Waals surface area (Å²) in [6.07, 6.45) is 4.68. The van der Waals surface area contributed by atoms with Crippen molar-refractivity contribution in [3.63, 3.8) is 0 Å². The second-order valence-corrected chi connectivity index (χ2v) is 6.01. The lowest BCUT2D eigenvalue weighted by atomic mass is 10.1. The lowest BCUT2D eigenvalue weighted by molar-refractivity contribution is 0.0730. The Balaban J connectivity index is 1.67. The largest absolute Gasteiger partial charge is 0.384 e. The van der Waals surface area contributed by atoms with Crippen molar-refractivity contribution in [2.24, 2.45) is 5.92 Å². The number of anilines is 1. The fourth-order valence-electron chi connectivity index (χ4n) is 3.00. The van der Waals surface area contributed by atoms with E-state index in [0.717, 1.165) is 37.2 Å². The molecule has 3 rings (SSSR count). The summed E-state index contributed by atoms with van der Waals surface area (Å²) in [5, 5.41) is 6.50. The summed E-state index contributed by atoms with van der Waals surface area (Å²) in [5.74, 6) is 0.668. The predicted molar refractivity (Wildman–Crippen MR) is 83.6 cm³/mol. The summed E-state index contributed by atoms with van der Waals surface area (Å²) in [6, 6.07) is 7.89. The molecule has 2 unspecified atom stereocenters. The van der Waals surface area contributed by atoms with Crippen LogP contribution in [-0.4, -0.2) is 31.2 Å². The molecule has 0 spiro atoms. The molecule has 1 heterocycles. The molecule has 1 aromatic rings. The number of carbonyl (C=O) groups excluding carboxylic acids is 1. The van der Waals surface area contributed by atoms with Crippen molar-refractivity contribution < 1.29 is 9.53 Å². The van der Waals surface area contributed by atoms with Gasteiger partial charge in [-0.2, -0.15) is 0 Å². The number of amides is 1. The zero-order chi connectivity index (χ0) is 14.7. The Labute approximate surface area is 126 Å². The van der Waals surface area contributed by atoms with Gasteiger partial charge in [-0.1, -0.05) is 19.1 Å². The Bertz CT molecular complexity index is 499. The average molecular weight is 288 g/mol. The first kappa shape index (κ1) is 14.4. The van der Waals surface area contributed by atoms with E-state index in [0.29, 0.717) is 5.92 Å². The van der Waals surface area contributed by atoms with Crippen molar-refractivity contribution in [1.82, 2.24) is 5.32 Å². The van der Waals surface area contributed by atoms with Crippen molar-refractivity contribution in [2.45, 2.75) is 44.8 Å².